The molecule has 1 saturated heterocycles. The van der Waals surface area contributed by atoms with E-state index in [0.717, 1.165) is 48.1 Å². The lowest BCUT2D eigenvalue weighted by molar-refractivity contribution is -0.137. The predicted octanol–water partition coefficient (Wildman–Crippen LogP) is 4.95. The number of aryl methyl sites for hydroxylation is 1. The Morgan fingerprint density at radius 2 is 1.80 bits per heavy atom. The molecule has 2 unspecified atom stereocenters. The number of carbonyl (C=O) groups is 2. The number of hydrogen-bond donors (Lipinski definition) is 4. The average molecular weight is 604 g/mol. The van der Waals surface area contributed by atoms with Gasteiger partial charge in [-0.25, -0.2) is 5.53 Å². The van der Waals surface area contributed by atoms with Crippen LogP contribution in [0.15, 0.2) is 47.6 Å². The molecule has 2 heterocycles. The van der Waals surface area contributed by atoms with Crippen LogP contribution in [0.3, 0.4) is 0 Å². The van der Waals surface area contributed by atoms with E-state index in [2.05, 4.69) is 90.5 Å². The second-order valence-electron chi connectivity index (χ2n) is 13.9. The van der Waals surface area contributed by atoms with Crippen LogP contribution in [0, 0.1) is 18.3 Å². The molecule has 5 rings (SSSR count). The molecule has 0 radical (unpaired) electrons. The van der Waals surface area contributed by atoms with Crippen LogP contribution < -0.4 is 26.5 Å². The van der Waals surface area contributed by atoms with E-state index in [1.165, 1.54) is 0 Å². The highest BCUT2D eigenvalue weighted by Crippen LogP contribution is 2.53. The van der Waals surface area contributed by atoms with Gasteiger partial charge in [0.2, 0.25) is 5.91 Å². The number of hydrazine groups is 2. The number of carbonyl (C=O) groups excluding carboxylic acids is 2. The van der Waals surface area contributed by atoms with Gasteiger partial charge in [0.25, 0.3) is 5.91 Å². The Morgan fingerprint density at radius 3 is 2.36 bits per heavy atom. The van der Waals surface area contributed by atoms with E-state index in [4.69, 9.17) is 4.74 Å². The van der Waals surface area contributed by atoms with Crippen LogP contribution in [0.25, 0.3) is 0 Å². The highest BCUT2D eigenvalue weighted by Gasteiger charge is 2.58. The van der Waals surface area contributed by atoms with Crippen molar-refractivity contribution >= 4 is 17.6 Å². The Labute approximate surface area is 261 Å². The zero-order valence-corrected chi connectivity index (χ0v) is 27.5. The van der Waals surface area contributed by atoms with Gasteiger partial charge in [-0.1, -0.05) is 45.0 Å². The average Bonchev–Trinajstić information content (AvgIpc) is 3.57. The topological polar surface area (TPSA) is 110 Å². The van der Waals surface area contributed by atoms with E-state index < -0.39 is 5.66 Å². The number of hydrazone groups is 1. The summed E-state index contributed by atoms with van der Waals surface area (Å²) in [4.78, 5) is 31.9. The zero-order chi connectivity index (χ0) is 31.8. The third kappa shape index (κ3) is 6.15. The van der Waals surface area contributed by atoms with E-state index in [1.807, 2.05) is 44.2 Å². The molecule has 2 amide bonds. The smallest absolute Gasteiger partial charge is 0.251 e. The van der Waals surface area contributed by atoms with Gasteiger partial charge in [0.1, 0.15) is 11.8 Å². The molecule has 1 saturated carbocycles. The largest absolute Gasteiger partial charge is 0.491 e. The molecular weight excluding hydrogens is 554 g/mol. The van der Waals surface area contributed by atoms with E-state index in [1.54, 1.807) is 0 Å². The van der Waals surface area contributed by atoms with Crippen LogP contribution >= 0.6 is 0 Å². The van der Waals surface area contributed by atoms with Crippen molar-refractivity contribution in [1.29, 1.82) is 0 Å². The van der Waals surface area contributed by atoms with Crippen LogP contribution in [-0.2, 0) is 4.79 Å². The summed E-state index contributed by atoms with van der Waals surface area (Å²) in [5.41, 5.74) is 11.5. The summed E-state index contributed by atoms with van der Waals surface area (Å²) < 4.78 is 6.00. The van der Waals surface area contributed by atoms with Gasteiger partial charge in [-0.15, -0.1) is 10.6 Å². The summed E-state index contributed by atoms with van der Waals surface area (Å²) >= 11 is 0. The van der Waals surface area contributed by atoms with Crippen LogP contribution in [0.4, 0.5) is 0 Å². The van der Waals surface area contributed by atoms with Gasteiger partial charge >= 0.3 is 0 Å². The Kier molecular flexibility index (Phi) is 8.96. The maximum atomic E-state index is 14.6. The normalized spacial score (nSPS) is 24.7. The molecule has 2 aliphatic heterocycles. The molecule has 2 atom stereocenters. The summed E-state index contributed by atoms with van der Waals surface area (Å²) in [6.07, 6.45) is 4.07. The summed E-state index contributed by atoms with van der Waals surface area (Å²) in [6.45, 7) is 15.5. The first kappa shape index (κ1) is 31.8. The first-order chi connectivity index (χ1) is 20.8. The molecular formula is C34H49N7O3. The van der Waals surface area contributed by atoms with Crippen molar-refractivity contribution < 1.29 is 14.3 Å². The van der Waals surface area contributed by atoms with E-state index >= 15 is 0 Å². The number of rotatable bonds is 8. The zero-order valence-electron chi connectivity index (χ0n) is 27.5. The fourth-order valence-electron chi connectivity index (χ4n) is 7.23. The SMILES string of the molecule is Cc1cc(C2C(=O)N(C(C)c3ccc(C(=O)NCC4=NNNN4)cc3)C3(CCC(C(C)(C)C)CC3)N2C)ccc1OC(C)C. The summed E-state index contributed by atoms with van der Waals surface area (Å²) in [7, 11) is 2.13. The first-order valence-corrected chi connectivity index (χ1v) is 15.9. The number of benzene rings is 2. The van der Waals surface area contributed by atoms with E-state index in [9.17, 15) is 9.59 Å². The second-order valence-corrected chi connectivity index (χ2v) is 13.9. The Balaban J connectivity index is 1.42. The molecule has 2 aromatic carbocycles. The summed E-state index contributed by atoms with van der Waals surface area (Å²) in [6, 6.07) is 13.3. The number of amidine groups is 1. The lowest BCUT2D eigenvalue weighted by Crippen LogP contribution is -2.56. The molecule has 10 heteroatoms. The fourth-order valence-corrected chi connectivity index (χ4v) is 7.23. The van der Waals surface area contributed by atoms with Gasteiger partial charge in [-0.3, -0.25) is 19.9 Å². The van der Waals surface area contributed by atoms with Gasteiger partial charge < -0.3 is 15.0 Å². The van der Waals surface area contributed by atoms with Crippen LogP contribution in [0.5, 0.6) is 5.75 Å². The highest BCUT2D eigenvalue weighted by atomic mass is 16.5. The lowest BCUT2D eigenvalue weighted by Gasteiger charge is -2.51. The third-order valence-corrected chi connectivity index (χ3v) is 9.76. The lowest BCUT2D eigenvalue weighted by atomic mass is 9.69. The molecule has 4 N–H and O–H groups in total. The summed E-state index contributed by atoms with van der Waals surface area (Å²) in [5, 5.41) is 6.86. The van der Waals surface area contributed by atoms with Crippen molar-refractivity contribution in [2.45, 2.75) is 98.0 Å². The van der Waals surface area contributed by atoms with Crippen molar-refractivity contribution in [1.82, 2.24) is 31.6 Å². The molecule has 1 aliphatic carbocycles. The number of nitrogens with zero attached hydrogens (tertiary/aromatic N) is 3. The van der Waals surface area contributed by atoms with Gasteiger partial charge in [0.15, 0.2) is 5.84 Å². The minimum Gasteiger partial charge on any atom is -0.491 e. The quantitative estimate of drug-likeness (QED) is 0.338. The maximum Gasteiger partial charge on any atom is 0.251 e. The van der Waals surface area contributed by atoms with Gasteiger partial charge in [-0.2, -0.15) is 0 Å². The van der Waals surface area contributed by atoms with Crippen molar-refractivity contribution in [3.63, 3.8) is 0 Å². The molecule has 3 aliphatic rings. The van der Waals surface area contributed by atoms with Crippen LogP contribution in [0.1, 0.15) is 106 Å². The summed E-state index contributed by atoms with van der Waals surface area (Å²) in [5.74, 6) is 2.00. The molecule has 10 nitrogen and oxygen atoms in total. The van der Waals surface area contributed by atoms with E-state index in [-0.39, 0.29) is 42.0 Å². The number of hydrogen-bond acceptors (Lipinski definition) is 8. The Bertz CT molecular complexity index is 1390. The van der Waals surface area contributed by atoms with Gasteiger partial charge in [-0.05, 0) is 107 Å². The molecule has 44 heavy (non-hydrogen) atoms. The van der Waals surface area contributed by atoms with Crippen LogP contribution in [-0.4, -0.2) is 52.8 Å². The second kappa shape index (κ2) is 12.4. The molecule has 1 spiro atoms. The number of ether oxygens (including phenoxy) is 1. The molecule has 2 aromatic rings. The number of nitrogens with one attached hydrogen (secondary N) is 4. The van der Waals surface area contributed by atoms with Crippen LogP contribution in [0.2, 0.25) is 0 Å². The molecule has 2 fully saturated rings. The third-order valence-electron chi connectivity index (χ3n) is 9.76. The standard InChI is InChI=1S/C34H49N7O3/c1-21(2)44-28-14-13-26(19-22(28)3)30-32(43)41(34(40(30)8)17-15-27(16-18-34)33(5,6)7)23(4)24-9-11-25(12-10-24)31(42)35-20-29-36-38-39-37-29/h9-14,19,21,23,27,30,38-39H,15-18,20H2,1-8H3,(H,35,42)(H,36,37). The number of amides is 2. The van der Waals surface area contributed by atoms with Crippen molar-refractivity contribution in [2.75, 3.05) is 13.6 Å². The predicted molar refractivity (Wildman–Crippen MR) is 172 cm³/mol. The van der Waals surface area contributed by atoms with Crippen molar-refractivity contribution in [2.24, 2.45) is 16.4 Å². The van der Waals surface area contributed by atoms with E-state index in [0.29, 0.717) is 17.3 Å². The molecule has 0 bridgehead atoms. The Morgan fingerprint density at radius 1 is 1.11 bits per heavy atom. The minimum absolute atomic E-state index is 0.0821. The van der Waals surface area contributed by atoms with Gasteiger partial charge in [0.05, 0.1) is 24.4 Å². The highest BCUT2D eigenvalue weighted by molar-refractivity contribution is 5.97. The minimum atomic E-state index is -0.392. The van der Waals surface area contributed by atoms with Crippen molar-refractivity contribution in [3.8, 4) is 5.75 Å². The Hall–Kier alpha value is -3.63. The molecule has 0 aromatic heterocycles. The number of likely N-dealkylation sites (N-methyl/N-ethyl adjacent to an activating group) is 1. The maximum absolute atomic E-state index is 14.6. The molecule has 238 valence electrons. The van der Waals surface area contributed by atoms with Gasteiger partial charge in [0, 0.05) is 5.56 Å². The first-order valence-electron chi connectivity index (χ1n) is 15.9. The monoisotopic (exact) mass is 603 g/mol. The fraction of sp³-hybridized carbons (Fsp3) is 0.559. The van der Waals surface area contributed by atoms with Crippen molar-refractivity contribution in [3.05, 3.63) is 64.7 Å².